The van der Waals surface area contributed by atoms with Crippen molar-refractivity contribution in [1.29, 1.82) is 0 Å². The van der Waals surface area contributed by atoms with Crippen molar-refractivity contribution in [2.75, 3.05) is 26.9 Å². The molecule has 31 heavy (non-hydrogen) atoms. The second-order valence-electron chi connectivity index (χ2n) is 6.52. The summed E-state index contributed by atoms with van der Waals surface area (Å²) in [7, 11) is 1.53. The van der Waals surface area contributed by atoms with Crippen LogP contribution in [-0.2, 0) is 4.79 Å². The number of hydrogen-bond acceptors (Lipinski definition) is 6. The van der Waals surface area contributed by atoms with E-state index in [1.165, 1.54) is 12.0 Å². The fraction of sp³-hybridized carbons (Fsp3) is 0.217. The third kappa shape index (κ3) is 5.74. The molecule has 0 N–H and O–H groups in total. The number of ether oxygens (including phenoxy) is 3. The van der Waals surface area contributed by atoms with Gasteiger partial charge in [-0.05, 0) is 77.2 Å². The Morgan fingerprint density at radius 3 is 2.61 bits per heavy atom. The Morgan fingerprint density at radius 1 is 1.19 bits per heavy atom. The average molecular weight is 549 g/mol. The zero-order chi connectivity index (χ0) is 22.4. The molecule has 160 valence electrons. The van der Waals surface area contributed by atoms with Crippen LogP contribution in [0.5, 0.6) is 17.2 Å². The Hall–Kier alpha value is -2.64. The number of rotatable bonds is 8. The van der Waals surface area contributed by atoms with Crippen molar-refractivity contribution in [3.05, 3.63) is 56.0 Å². The highest BCUT2D eigenvalue weighted by atomic mass is 127. The topological polar surface area (TPSA) is 65.1 Å². The number of methoxy groups -OCH3 is 1. The largest absolute Gasteiger partial charge is 0.493 e. The Bertz CT molecular complexity index is 1060. The normalized spacial score (nSPS) is 14.6. The van der Waals surface area contributed by atoms with Crippen LogP contribution < -0.4 is 14.2 Å². The van der Waals surface area contributed by atoms with Gasteiger partial charge < -0.3 is 14.2 Å². The zero-order valence-electron chi connectivity index (χ0n) is 17.0. The summed E-state index contributed by atoms with van der Waals surface area (Å²) in [5.74, 6) is 3.81. The summed E-state index contributed by atoms with van der Waals surface area (Å²) in [4.78, 5) is 26.6. The molecule has 0 saturated carbocycles. The summed E-state index contributed by atoms with van der Waals surface area (Å²) in [5, 5.41) is -0.320. The van der Waals surface area contributed by atoms with E-state index in [4.69, 9.17) is 20.6 Å². The second kappa shape index (κ2) is 10.6. The molecule has 2 amide bonds. The van der Waals surface area contributed by atoms with Crippen molar-refractivity contribution >= 4 is 51.6 Å². The van der Waals surface area contributed by atoms with E-state index in [0.29, 0.717) is 22.2 Å². The zero-order valence-corrected chi connectivity index (χ0v) is 20.0. The van der Waals surface area contributed by atoms with Gasteiger partial charge in [-0.1, -0.05) is 23.6 Å². The van der Waals surface area contributed by atoms with Crippen molar-refractivity contribution in [1.82, 2.24) is 4.90 Å². The summed E-state index contributed by atoms with van der Waals surface area (Å²) in [6.45, 7) is 2.51. The maximum atomic E-state index is 12.7. The van der Waals surface area contributed by atoms with Crippen molar-refractivity contribution < 1.29 is 23.8 Å². The van der Waals surface area contributed by atoms with Crippen LogP contribution in [-0.4, -0.2) is 42.9 Å². The molecule has 0 unspecified atom stereocenters. The molecular weight excluding hydrogens is 529 g/mol. The number of terminal acetylenes is 1. The van der Waals surface area contributed by atoms with E-state index in [9.17, 15) is 9.59 Å². The van der Waals surface area contributed by atoms with E-state index < -0.39 is 0 Å². The van der Waals surface area contributed by atoms with E-state index in [1.54, 1.807) is 12.1 Å². The maximum Gasteiger partial charge on any atom is 0.293 e. The van der Waals surface area contributed by atoms with Crippen LogP contribution in [0.25, 0.3) is 6.08 Å². The first-order valence-corrected chi connectivity index (χ1v) is 11.2. The molecular formula is C23H20INO5S. The first-order chi connectivity index (χ1) is 14.9. The lowest BCUT2D eigenvalue weighted by atomic mass is 10.2. The van der Waals surface area contributed by atoms with Gasteiger partial charge in [-0.3, -0.25) is 14.5 Å². The van der Waals surface area contributed by atoms with Gasteiger partial charge in [-0.15, -0.1) is 6.42 Å². The average Bonchev–Trinajstić information content (AvgIpc) is 3.01. The lowest BCUT2D eigenvalue weighted by molar-refractivity contribution is -0.123. The van der Waals surface area contributed by atoms with Crippen LogP contribution >= 0.6 is 34.4 Å². The summed E-state index contributed by atoms with van der Waals surface area (Å²) < 4.78 is 17.4. The Morgan fingerprint density at radius 2 is 1.94 bits per heavy atom. The Labute approximate surface area is 199 Å². The first kappa shape index (κ1) is 23.0. The van der Waals surface area contributed by atoms with Crippen LogP contribution in [0.1, 0.15) is 11.1 Å². The summed E-state index contributed by atoms with van der Waals surface area (Å²) in [5.41, 5.74) is 1.85. The third-order valence-electron chi connectivity index (χ3n) is 4.33. The number of aryl methyl sites for hydroxylation is 1. The minimum Gasteiger partial charge on any atom is -0.493 e. The van der Waals surface area contributed by atoms with Gasteiger partial charge in [0.25, 0.3) is 11.1 Å². The quantitative estimate of drug-likeness (QED) is 0.270. The molecule has 2 aromatic carbocycles. The Kier molecular flexibility index (Phi) is 7.87. The number of nitrogens with zero attached hydrogens (tertiary/aromatic N) is 1. The summed E-state index contributed by atoms with van der Waals surface area (Å²) in [6, 6.07) is 11.2. The minimum absolute atomic E-state index is 0.120. The number of carbonyl (C=O) groups is 2. The number of amides is 2. The van der Waals surface area contributed by atoms with Gasteiger partial charge in [0.15, 0.2) is 11.5 Å². The smallest absolute Gasteiger partial charge is 0.293 e. The molecule has 2 aromatic rings. The molecule has 0 atom stereocenters. The molecule has 3 rings (SSSR count). The molecule has 8 heteroatoms. The molecule has 1 saturated heterocycles. The molecule has 1 aliphatic rings. The highest BCUT2D eigenvalue weighted by Gasteiger charge is 2.34. The molecule has 0 aromatic heterocycles. The molecule has 6 nitrogen and oxygen atoms in total. The van der Waals surface area contributed by atoms with Crippen molar-refractivity contribution in [2.24, 2.45) is 0 Å². The number of halogens is 1. The molecule has 1 aliphatic heterocycles. The monoisotopic (exact) mass is 549 g/mol. The van der Waals surface area contributed by atoms with Crippen LogP contribution in [0.2, 0.25) is 0 Å². The number of thioether (sulfide) groups is 1. The number of benzene rings is 2. The molecule has 1 fully saturated rings. The third-order valence-corrected chi connectivity index (χ3v) is 6.04. The molecule has 0 aliphatic carbocycles. The van der Waals surface area contributed by atoms with E-state index in [2.05, 4.69) is 28.5 Å². The predicted octanol–water partition coefficient (Wildman–Crippen LogP) is 4.74. The van der Waals surface area contributed by atoms with Crippen LogP contribution in [0, 0.1) is 22.8 Å². The fourth-order valence-corrected chi connectivity index (χ4v) is 4.46. The van der Waals surface area contributed by atoms with E-state index in [-0.39, 0.29) is 30.9 Å². The van der Waals surface area contributed by atoms with Gasteiger partial charge in [0.1, 0.15) is 19.0 Å². The van der Waals surface area contributed by atoms with Gasteiger partial charge in [0.05, 0.1) is 22.1 Å². The molecule has 0 bridgehead atoms. The molecule has 0 radical (unpaired) electrons. The van der Waals surface area contributed by atoms with Gasteiger partial charge >= 0.3 is 0 Å². The van der Waals surface area contributed by atoms with Gasteiger partial charge in [-0.25, -0.2) is 0 Å². The van der Waals surface area contributed by atoms with Crippen molar-refractivity contribution in [3.8, 4) is 29.6 Å². The summed E-state index contributed by atoms with van der Waals surface area (Å²) >= 11 is 3.02. The van der Waals surface area contributed by atoms with Gasteiger partial charge in [0, 0.05) is 0 Å². The predicted molar refractivity (Wildman–Crippen MR) is 129 cm³/mol. The number of carbonyl (C=O) groups excluding carboxylic acids is 2. The van der Waals surface area contributed by atoms with E-state index in [1.807, 2.05) is 37.3 Å². The van der Waals surface area contributed by atoms with E-state index >= 15 is 0 Å². The lowest BCUT2D eigenvalue weighted by Gasteiger charge is -2.13. The van der Waals surface area contributed by atoms with Crippen LogP contribution in [0.4, 0.5) is 4.79 Å². The van der Waals surface area contributed by atoms with Gasteiger partial charge in [-0.2, -0.15) is 0 Å². The fourth-order valence-electron chi connectivity index (χ4n) is 2.81. The highest BCUT2D eigenvalue weighted by Crippen LogP contribution is 2.37. The second-order valence-corrected chi connectivity index (χ2v) is 8.68. The minimum atomic E-state index is -0.343. The van der Waals surface area contributed by atoms with Gasteiger partial charge in [0.2, 0.25) is 0 Å². The van der Waals surface area contributed by atoms with E-state index in [0.717, 1.165) is 26.5 Å². The Balaban J connectivity index is 1.70. The number of hydrogen-bond donors (Lipinski definition) is 0. The van der Waals surface area contributed by atoms with Crippen molar-refractivity contribution in [3.63, 3.8) is 0 Å². The van der Waals surface area contributed by atoms with Crippen LogP contribution in [0.3, 0.4) is 0 Å². The highest BCUT2D eigenvalue weighted by molar-refractivity contribution is 14.1. The SMILES string of the molecule is C#CCOc1c(I)cc(/C=C2\SC(=O)N(CCOc3ccc(C)cc3)C2=O)cc1OC. The van der Waals surface area contributed by atoms with Crippen LogP contribution in [0.15, 0.2) is 41.3 Å². The standard InChI is InChI=1S/C23H20INO5S/c1-4-10-30-21-18(24)12-16(13-19(21)28-3)14-20-22(26)25(23(27)31-20)9-11-29-17-7-5-15(2)6-8-17/h1,5-8,12-14H,9-11H2,2-3H3/b20-14-. The molecule has 1 heterocycles. The van der Waals surface area contributed by atoms with Crippen molar-refractivity contribution in [2.45, 2.75) is 6.92 Å². The summed E-state index contributed by atoms with van der Waals surface area (Å²) in [6.07, 6.45) is 6.93. The maximum absolute atomic E-state index is 12.7. The molecule has 0 spiro atoms. The number of imide groups is 1. The first-order valence-electron chi connectivity index (χ1n) is 9.31. The lowest BCUT2D eigenvalue weighted by Crippen LogP contribution is -2.32.